The standard InChI is InChI=1S/C21H33NO5/c1-7-11-17(18(25-6)14-19(23)27-21(2,3)4)22(5)20(24)26-15-16-12-9-8-10-13-16/h8-10,12-13,17-18H,7,11,14-15H2,1-6H3/t17-,18+/m0/s1. The van der Waals surface area contributed by atoms with Crippen LogP contribution in [0.15, 0.2) is 30.3 Å². The molecule has 0 bridgehead atoms. The number of hydrogen-bond donors (Lipinski definition) is 0. The summed E-state index contributed by atoms with van der Waals surface area (Å²) >= 11 is 0. The number of carbonyl (C=O) groups excluding carboxylic acids is 2. The summed E-state index contributed by atoms with van der Waals surface area (Å²) in [6.07, 6.45) is 0.708. The molecule has 0 radical (unpaired) electrons. The van der Waals surface area contributed by atoms with Crippen molar-refractivity contribution in [3.05, 3.63) is 35.9 Å². The van der Waals surface area contributed by atoms with Crippen LogP contribution in [0.3, 0.4) is 0 Å². The third-order valence-corrected chi connectivity index (χ3v) is 4.09. The second-order valence-electron chi connectivity index (χ2n) is 7.57. The lowest BCUT2D eigenvalue weighted by Gasteiger charge is -2.33. The van der Waals surface area contributed by atoms with Gasteiger partial charge < -0.3 is 19.1 Å². The number of nitrogens with zero attached hydrogens (tertiary/aromatic N) is 1. The summed E-state index contributed by atoms with van der Waals surface area (Å²) in [5, 5.41) is 0. The molecule has 27 heavy (non-hydrogen) atoms. The summed E-state index contributed by atoms with van der Waals surface area (Å²) in [5.41, 5.74) is 0.360. The van der Waals surface area contributed by atoms with Gasteiger partial charge in [0.05, 0.1) is 18.6 Å². The van der Waals surface area contributed by atoms with E-state index in [1.165, 1.54) is 4.90 Å². The number of likely N-dealkylation sites (N-methyl/N-ethyl adjacent to an activating group) is 1. The van der Waals surface area contributed by atoms with Crippen LogP contribution >= 0.6 is 0 Å². The Hall–Kier alpha value is -2.08. The van der Waals surface area contributed by atoms with Crippen molar-refractivity contribution in [3.8, 4) is 0 Å². The van der Waals surface area contributed by atoms with E-state index in [-0.39, 0.29) is 25.0 Å². The van der Waals surface area contributed by atoms with Crippen LogP contribution < -0.4 is 0 Å². The molecule has 6 nitrogen and oxygen atoms in total. The second-order valence-corrected chi connectivity index (χ2v) is 7.57. The fourth-order valence-electron chi connectivity index (χ4n) is 2.81. The van der Waals surface area contributed by atoms with Crippen LogP contribution in [0, 0.1) is 0 Å². The molecule has 6 heteroatoms. The molecule has 1 aromatic carbocycles. The van der Waals surface area contributed by atoms with E-state index in [1.807, 2.05) is 58.0 Å². The Labute approximate surface area is 162 Å². The quantitative estimate of drug-likeness (QED) is 0.603. The first-order valence-corrected chi connectivity index (χ1v) is 9.36. The molecule has 152 valence electrons. The molecule has 1 rings (SSSR count). The average molecular weight is 379 g/mol. The zero-order valence-electron chi connectivity index (χ0n) is 17.4. The Morgan fingerprint density at radius 2 is 1.78 bits per heavy atom. The van der Waals surface area contributed by atoms with Crippen LogP contribution in [0.2, 0.25) is 0 Å². The van der Waals surface area contributed by atoms with Crippen LogP contribution in [0.1, 0.15) is 52.5 Å². The maximum Gasteiger partial charge on any atom is 0.410 e. The fourth-order valence-corrected chi connectivity index (χ4v) is 2.81. The molecule has 0 aliphatic carbocycles. The van der Waals surface area contributed by atoms with Gasteiger partial charge in [-0.05, 0) is 32.8 Å². The first-order valence-electron chi connectivity index (χ1n) is 9.36. The highest BCUT2D eigenvalue weighted by Gasteiger charge is 2.32. The molecule has 1 aromatic rings. The molecule has 1 amide bonds. The Kier molecular flexibility index (Phi) is 9.29. The van der Waals surface area contributed by atoms with Gasteiger partial charge in [0.1, 0.15) is 12.2 Å². The summed E-state index contributed by atoms with van der Waals surface area (Å²) in [6, 6.07) is 9.22. The lowest BCUT2D eigenvalue weighted by Crippen LogP contribution is -2.46. The summed E-state index contributed by atoms with van der Waals surface area (Å²) in [7, 11) is 3.22. The lowest BCUT2D eigenvalue weighted by molar-refractivity contribution is -0.158. The Morgan fingerprint density at radius 3 is 2.30 bits per heavy atom. The molecule has 0 N–H and O–H groups in total. The average Bonchev–Trinajstić information content (AvgIpc) is 2.61. The van der Waals surface area contributed by atoms with Crippen molar-refractivity contribution in [2.45, 2.75) is 71.3 Å². The number of benzene rings is 1. The zero-order chi connectivity index (χ0) is 20.4. The normalized spacial score (nSPS) is 13.6. The number of esters is 1. The lowest BCUT2D eigenvalue weighted by atomic mass is 10.0. The number of ether oxygens (including phenoxy) is 3. The van der Waals surface area contributed by atoms with Crippen molar-refractivity contribution in [2.75, 3.05) is 14.2 Å². The van der Waals surface area contributed by atoms with Crippen molar-refractivity contribution >= 4 is 12.1 Å². The van der Waals surface area contributed by atoms with Gasteiger partial charge in [-0.2, -0.15) is 0 Å². The van der Waals surface area contributed by atoms with Gasteiger partial charge >= 0.3 is 12.1 Å². The van der Waals surface area contributed by atoms with Crippen molar-refractivity contribution < 1.29 is 23.8 Å². The third-order valence-electron chi connectivity index (χ3n) is 4.09. The van der Waals surface area contributed by atoms with Gasteiger partial charge in [0, 0.05) is 14.2 Å². The number of carbonyl (C=O) groups is 2. The molecule has 0 fully saturated rings. The molecule has 0 saturated carbocycles. The maximum absolute atomic E-state index is 12.5. The van der Waals surface area contributed by atoms with Gasteiger partial charge in [-0.15, -0.1) is 0 Å². The third kappa shape index (κ3) is 8.43. The molecule has 2 atom stereocenters. The minimum Gasteiger partial charge on any atom is -0.460 e. The number of amides is 1. The zero-order valence-corrected chi connectivity index (χ0v) is 17.4. The van der Waals surface area contributed by atoms with E-state index >= 15 is 0 Å². The number of hydrogen-bond acceptors (Lipinski definition) is 5. The minimum atomic E-state index is -0.559. The van der Waals surface area contributed by atoms with E-state index in [2.05, 4.69) is 0 Å². The van der Waals surface area contributed by atoms with Crippen molar-refractivity contribution in [3.63, 3.8) is 0 Å². The smallest absolute Gasteiger partial charge is 0.410 e. The maximum atomic E-state index is 12.5. The minimum absolute atomic E-state index is 0.0781. The van der Waals surface area contributed by atoms with Gasteiger partial charge in [-0.1, -0.05) is 43.7 Å². The van der Waals surface area contributed by atoms with Crippen LogP contribution in [0.25, 0.3) is 0 Å². The summed E-state index contributed by atoms with van der Waals surface area (Å²) in [6.45, 7) is 7.69. The van der Waals surface area contributed by atoms with Crippen molar-refractivity contribution in [1.29, 1.82) is 0 Å². The Balaban J connectivity index is 2.74. The molecule has 0 heterocycles. The molecule has 0 aliphatic rings. The first-order chi connectivity index (χ1) is 12.7. The molecule has 0 spiro atoms. The van der Waals surface area contributed by atoms with Gasteiger partial charge in [-0.3, -0.25) is 4.79 Å². The summed E-state index contributed by atoms with van der Waals surface area (Å²) in [5.74, 6) is -0.346. The van der Waals surface area contributed by atoms with Crippen molar-refractivity contribution in [2.24, 2.45) is 0 Å². The van der Waals surface area contributed by atoms with Gasteiger partial charge in [-0.25, -0.2) is 4.79 Å². The largest absolute Gasteiger partial charge is 0.460 e. The number of rotatable bonds is 9. The van der Waals surface area contributed by atoms with Gasteiger partial charge in [0.2, 0.25) is 0 Å². The van der Waals surface area contributed by atoms with E-state index < -0.39 is 17.8 Å². The molecule has 0 aliphatic heterocycles. The Bertz CT molecular complexity index is 582. The van der Waals surface area contributed by atoms with Crippen LogP contribution in [-0.4, -0.2) is 48.9 Å². The van der Waals surface area contributed by atoms with Gasteiger partial charge in [0.15, 0.2) is 0 Å². The molecule has 0 saturated heterocycles. The van der Waals surface area contributed by atoms with Gasteiger partial charge in [0.25, 0.3) is 0 Å². The highest BCUT2D eigenvalue weighted by molar-refractivity contribution is 5.71. The highest BCUT2D eigenvalue weighted by atomic mass is 16.6. The van der Waals surface area contributed by atoms with Crippen LogP contribution in [0.5, 0.6) is 0 Å². The predicted molar refractivity (Wildman–Crippen MR) is 104 cm³/mol. The Morgan fingerprint density at radius 1 is 1.15 bits per heavy atom. The SMILES string of the molecule is CCC[C@@H]([C@@H](CC(=O)OC(C)(C)C)OC)N(C)C(=O)OCc1ccccc1. The number of methoxy groups -OCH3 is 1. The van der Waals surface area contributed by atoms with E-state index in [4.69, 9.17) is 14.2 Å². The summed E-state index contributed by atoms with van der Waals surface area (Å²) in [4.78, 5) is 26.2. The molecule has 0 aromatic heterocycles. The molecular formula is C21H33NO5. The van der Waals surface area contributed by atoms with Crippen LogP contribution in [0.4, 0.5) is 4.79 Å². The fraction of sp³-hybridized carbons (Fsp3) is 0.619. The van der Waals surface area contributed by atoms with Crippen molar-refractivity contribution in [1.82, 2.24) is 4.90 Å². The van der Waals surface area contributed by atoms with E-state index in [1.54, 1.807) is 14.2 Å². The first kappa shape index (κ1) is 23.0. The van der Waals surface area contributed by atoms with Crippen LogP contribution in [-0.2, 0) is 25.6 Å². The van der Waals surface area contributed by atoms with E-state index in [0.29, 0.717) is 6.42 Å². The molecule has 0 unspecified atom stereocenters. The molecular weight excluding hydrogens is 346 g/mol. The topological polar surface area (TPSA) is 65.1 Å². The monoisotopic (exact) mass is 379 g/mol. The highest BCUT2D eigenvalue weighted by Crippen LogP contribution is 2.19. The second kappa shape index (κ2) is 10.9. The van der Waals surface area contributed by atoms with E-state index in [9.17, 15) is 9.59 Å². The van der Waals surface area contributed by atoms with E-state index in [0.717, 1.165) is 12.0 Å². The summed E-state index contributed by atoms with van der Waals surface area (Å²) < 4.78 is 16.3. The predicted octanol–water partition coefficient (Wildman–Crippen LogP) is 4.17.